The van der Waals surface area contributed by atoms with Crippen molar-refractivity contribution in [3.05, 3.63) is 0 Å². The summed E-state index contributed by atoms with van der Waals surface area (Å²) >= 11 is 0. The predicted octanol–water partition coefficient (Wildman–Crippen LogP) is 0.977. The van der Waals surface area contributed by atoms with Gasteiger partial charge in [-0.2, -0.15) is 0 Å². The molecule has 1 aliphatic rings. The van der Waals surface area contributed by atoms with Gasteiger partial charge in [0.05, 0.1) is 6.42 Å². The number of amides is 2. The van der Waals surface area contributed by atoms with E-state index in [0.29, 0.717) is 6.54 Å². The van der Waals surface area contributed by atoms with Crippen LogP contribution in [-0.2, 0) is 4.79 Å². The lowest BCUT2D eigenvalue weighted by Crippen LogP contribution is -2.46. The summed E-state index contributed by atoms with van der Waals surface area (Å²) in [7, 11) is 0. The molecule has 0 unspecified atom stereocenters. The molecule has 0 aromatic heterocycles. The topological polar surface area (TPSA) is 72.9 Å². The van der Waals surface area contributed by atoms with Crippen molar-refractivity contribution in [2.24, 2.45) is 0 Å². The monoisotopic (exact) mass is 271 g/mol. The zero-order chi connectivity index (χ0) is 14.3. The molecule has 0 atom stereocenters. The molecule has 1 heterocycles. The summed E-state index contributed by atoms with van der Waals surface area (Å²) < 4.78 is 0. The summed E-state index contributed by atoms with van der Waals surface area (Å²) in [6.45, 7) is 7.75. The fourth-order valence-electron chi connectivity index (χ4n) is 2.24. The molecular weight excluding hydrogens is 246 g/mol. The first-order valence-corrected chi connectivity index (χ1v) is 6.99. The average Bonchev–Trinajstić information content (AvgIpc) is 2.81. The summed E-state index contributed by atoms with van der Waals surface area (Å²) in [5, 5.41) is 11.5. The summed E-state index contributed by atoms with van der Waals surface area (Å²) in [6, 6.07) is -0.165. The van der Waals surface area contributed by atoms with Gasteiger partial charge in [-0.15, -0.1) is 0 Å². The van der Waals surface area contributed by atoms with Crippen molar-refractivity contribution in [3.8, 4) is 0 Å². The van der Waals surface area contributed by atoms with Crippen LogP contribution in [0.2, 0.25) is 0 Å². The van der Waals surface area contributed by atoms with Gasteiger partial charge < -0.3 is 20.2 Å². The summed E-state index contributed by atoms with van der Waals surface area (Å²) in [5.74, 6) is -0.879. The molecule has 0 aliphatic carbocycles. The van der Waals surface area contributed by atoms with E-state index in [1.54, 1.807) is 4.90 Å². The van der Waals surface area contributed by atoms with Crippen LogP contribution in [0.25, 0.3) is 0 Å². The van der Waals surface area contributed by atoms with Crippen LogP contribution in [0.15, 0.2) is 0 Å². The summed E-state index contributed by atoms with van der Waals surface area (Å²) in [5.41, 5.74) is 0. The number of carbonyl (C=O) groups excluding carboxylic acids is 1. The minimum absolute atomic E-state index is 0.00568. The molecule has 6 nitrogen and oxygen atoms in total. The fourth-order valence-corrected chi connectivity index (χ4v) is 2.24. The van der Waals surface area contributed by atoms with Crippen molar-refractivity contribution in [2.75, 3.05) is 32.7 Å². The number of nitrogens with zero attached hydrogens (tertiary/aromatic N) is 2. The molecule has 1 saturated heterocycles. The van der Waals surface area contributed by atoms with Gasteiger partial charge in [-0.05, 0) is 39.8 Å². The Morgan fingerprint density at radius 3 is 2.47 bits per heavy atom. The van der Waals surface area contributed by atoms with E-state index in [1.165, 1.54) is 12.8 Å². The Labute approximate surface area is 114 Å². The Bertz CT molecular complexity index is 302. The number of likely N-dealkylation sites (tertiary alicyclic amines) is 1. The molecule has 0 radical (unpaired) electrons. The van der Waals surface area contributed by atoms with Gasteiger partial charge in [-0.1, -0.05) is 0 Å². The second-order valence-corrected chi connectivity index (χ2v) is 5.21. The number of carboxylic acid groups (broad SMARTS) is 1. The first kappa shape index (κ1) is 15.8. The predicted molar refractivity (Wildman–Crippen MR) is 73.2 cm³/mol. The molecule has 0 bridgehead atoms. The van der Waals surface area contributed by atoms with E-state index in [9.17, 15) is 9.59 Å². The summed E-state index contributed by atoms with van der Waals surface area (Å²) in [4.78, 5) is 26.4. The number of hydrogen-bond acceptors (Lipinski definition) is 3. The molecule has 1 fully saturated rings. The van der Waals surface area contributed by atoms with Gasteiger partial charge >= 0.3 is 12.0 Å². The number of hydrogen-bond donors (Lipinski definition) is 2. The highest BCUT2D eigenvalue weighted by atomic mass is 16.4. The lowest BCUT2D eigenvalue weighted by atomic mass is 10.3. The van der Waals surface area contributed by atoms with Gasteiger partial charge in [0.25, 0.3) is 0 Å². The van der Waals surface area contributed by atoms with Crippen molar-refractivity contribution in [2.45, 2.75) is 39.2 Å². The van der Waals surface area contributed by atoms with Gasteiger partial charge in [0.2, 0.25) is 0 Å². The van der Waals surface area contributed by atoms with E-state index >= 15 is 0 Å². The lowest BCUT2D eigenvalue weighted by Gasteiger charge is -2.27. The highest BCUT2D eigenvalue weighted by Crippen LogP contribution is 2.06. The van der Waals surface area contributed by atoms with Crippen molar-refractivity contribution >= 4 is 12.0 Å². The fraction of sp³-hybridized carbons (Fsp3) is 0.846. The Morgan fingerprint density at radius 2 is 1.95 bits per heavy atom. The molecule has 1 rings (SSSR count). The smallest absolute Gasteiger partial charge is 0.317 e. The second kappa shape index (κ2) is 7.99. The second-order valence-electron chi connectivity index (χ2n) is 5.21. The number of rotatable bonds is 7. The number of carbonyl (C=O) groups is 2. The van der Waals surface area contributed by atoms with Gasteiger partial charge in [0.1, 0.15) is 0 Å². The molecule has 0 saturated carbocycles. The molecule has 0 aromatic carbocycles. The third kappa shape index (κ3) is 5.92. The van der Waals surface area contributed by atoms with Crippen LogP contribution in [-0.4, -0.2) is 65.7 Å². The highest BCUT2D eigenvalue weighted by Gasteiger charge is 2.18. The van der Waals surface area contributed by atoms with E-state index in [4.69, 9.17) is 5.11 Å². The quantitative estimate of drug-likeness (QED) is 0.724. The molecule has 6 heteroatoms. The maximum absolute atomic E-state index is 12.0. The number of carboxylic acids is 1. The van der Waals surface area contributed by atoms with E-state index in [1.807, 2.05) is 13.8 Å². The van der Waals surface area contributed by atoms with Crippen molar-refractivity contribution in [1.82, 2.24) is 15.1 Å². The maximum atomic E-state index is 12.0. The third-order valence-electron chi connectivity index (χ3n) is 3.35. The van der Waals surface area contributed by atoms with Crippen LogP contribution in [0, 0.1) is 0 Å². The summed E-state index contributed by atoms with van der Waals surface area (Å²) in [6.07, 6.45) is 2.47. The Kier molecular flexibility index (Phi) is 6.62. The molecule has 19 heavy (non-hydrogen) atoms. The molecular formula is C13H25N3O3. The average molecular weight is 271 g/mol. The Balaban J connectivity index is 2.28. The standard InChI is InChI=1S/C13H25N3O3/c1-11(2)16(9-5-12(17)18)13(19)14-6-10-15-7-3-4-8-15/h11H,3-10H2,1-2H3,(H,14,19)(H,17,18). The molecule has 2 amide bonds. The number of urea groups is 1. The van der Waals surface area contributed by atoms with Crippen LogP contribution in [0.4, 0.5) is 4.79 Å². The molecule has 110 valence electrons. The van der Waals surface area contributed by atoms with E-state index in [0.717, 1.165) is 19.6 Å². The molecule has 0 spiro atoms. The van der Waals surface area contributed by atoms with Crippen molar-refractivity contribution in [1.29, 1.82) is 0 Å². The van der Waals surface area contributed by atoms with E-state index < -0.39 is 5.97 Å². The zero-order valence-corrected chi connectivity index (χ0v) is 11.9. The molecule has 2 N–H and O–H groups in total. The van der Waals surface area contributed by atoms with Crippen molar-refractivity contribution < 1.29 is 14.7 Å². The van der Waals surface area contributed by atoms with Crippen molar-refractivity contribution in [3.63, 3.8) is 0 Å². The Morgan fingerprint density at radius 1 is 1.32 bits per heavy atom. The third-order valence-corrected chi connectivity index (χ3v) is 3.35. The van der Waals surface area contributed by atoms with Crippen LogP contribution in [0.5, 0.6) is 0 Å². The maximum Gasteiger partial charge on any atom is 0.317 e. The van der Waals surface area contributed by atoms with Crippen LogP contribution in [0.1, 0.15) is 33.1 Å². The Hall–Kier alpha value is -1.30. The minimum Gasteiger partial charge on any atom is -0.481 e. The molecule has 1 aliphatic heterocycles. The van der Waals surface area contributed by atoms with Gasteiger partial charge in [0, 0.05) is 25.7 Å². The number of nitrogens with one attached hydrogen (secondary N) is 1. The SMILES string of the molecule is CC(C)N(CCC(=O)O)C(=O)NCCN1CCCC1. The number of aliphatic carboxylic acids is 1. The largest absolute Gasteiger partial charge is 0.481 e. The van der Waals surface area contributed by atoms with Crippen LogP contribution >= 0.6 is 0 Å². The van der Waals surface area contributed by atoms with Gasteiger partial charge in [0.15, 0.2) is 0 Å². The van der Waals surface area contributed by atoms with Crippen LogP contribution in [0.3, 0.4) is 0 Å². The van der Waals surface area contributed by atoms with E-state index in [2.05, 4.69) is 10.2 Å². The highest BCUT2D eigenvalue weighted by molar-refractivity contribution is 5.75. The minimum atomic E-state index is -0.879. The van der Waals surface area contributed by atoms with Crippen LogP contribution < -0.4 is 5.32 Å². The normalized spacial score (nSPS) is 15.7. The first-order valence-electron chi connectivity index (χ1n) is 6.99. The van der Waals surface area contributed by atoms with E-state index in [-0.39, 0.29) is 25.0 Å². The lowest BCUT2D eigenvalue weighted by molar-refractivity contribution is -0.137. The first-order chi connectivity index (χ1) is 9.00. The van der Waals surface area contributed by atoms with Gasteiger partial charge in [-0.25, -0.2) is 4.79 Å². The molecule has 0 aromatic rings. The zero-order valence-electron chi connectivity index (χ0n) is 11.9. The van der Waals surface area contributed by atoms with Gasteiger partial charge in [-0.3, -0.25) is 4.79 Å².